The second-order valence-corrected chi connectivity index (χ2v) is 9.51. The minimum Gasteiger partial charge on any atom is -0.293 e. The normalized spacial score (nSPS) is 14.7. The molecule has 6 nitrogen and oxygen atoms in total. The zero-order valence-electron chi connectivity index (χ0n) is 16.4. The van der Waals surface area contributed by atoms with Crippen LogP contribution in [0.1, 0.15) is 28.8 Å². The molecule has 1 fully saturated rings. The third-order valence-electron chi connectivity index (χ3n) is 4.34. The van der Waals surface area contributed by atoms with Crippen LogP contribution in [-0.4, -0.2) is 33.5 Å². The molecular formula is C21H16Cl3N3O3S2. The molecule has 0 saturated carbocycles. The summed E-state index contributed by atoms with van der Waals surface area (Å²) in [6.45, 7) is 0.273. The van der Waals surface area contributed by atoms with E-state index < -0.39 is 11.8 Å². The van der Waals surface area contributed by atoms with Gasteiger partial charge in [-0.3, -0.25) is 30.1 Å². The second-order valence-electron chi connectivity index (χ2n) is 6.58. The Morgan fingerprint density at radius 3 is 2.53 bits per heavy atom. The van der Waals surface area contributed by atoms with Gasteiger partial charge in [-0.1, -0.05) is 77.0 Å². The fraction of sp³-hybridized carbons (Fsp3) is 0.143. The molecule has 3 rings (SSSR count). The van der Waals surface area contributed by atoms with E-state index in [-0.39, 0.29) is 29.5 Å². The standard InChI is InChI=1S/C21H16Cl3N3O3S2/c22-13-7-8-14(16(24)11-13)19(29)26-25-18(28)6-3-9-27-20(30)17(32-21(27)31)10-12-4-1-2-5-15(12)23/h1-2,4-5,7-8,10-11H,3,6,9H2,(H,25,28)(H,26,29)/b17-10-. The predicted molar refractivity (Wildman–Crippen MR) is 133 cm³/mol. The van der Waals surface area contributed by atoms with Gasteiger partial charge in [-0.2, -0.15) is 0 Å². The van der Waals surface area contributed by atoms with Crippen LogP contribution in [0.5, 0.6) is 0 Å². The maximum Gasteiger partial charge on any atom is 0.271 e. The Kier molecular flexibility index (Phi) is 8.56. The quantitative estimate of drug-likeness (QED) is 0.310. The summed E-state index contributed by atoms with van der Waals surface area (Å²) in [4.78, 5) is 38.7. The van der Waals surface area contributed by atoms with Crippen LogP contribution in [-0.2, 0) is 9.59 Å². The van der Waals surface area contributed by atoms with E-state index in [4.69, 9.17) is 47.0 Å². The molecule has 0 bridgehead atoms. The van der Waals surface area contributed by atoms with Crippen molar-refractivity contribution in [3.05, 3.63) is 73.6 Å². The van der Waals surface area contributed by atoms with Crippen molar-refractivity contribution in [3.8, 4) is 0 Å². The first-order valence-electron chi connectivity index (χ1n) is 9.30. The summed E-state index contributed by atoms with van der Waals surface area (Å²) in [5, 5.41) is 1.10. The number of amides is 3. The van der Waals surface area contributed by atoms with Crippen molar-refractivity contribution >= 4 is 86.9 Å². The molecule has 1 saturated heterocycles. The minimum absolute atomic E-state index is 0.0786. The van der Waals surface area contributed by atoms with Gasteiger partial charge in [0.05, 0.1) is 15.5 Å². The summed E-state index contributed by atoms with van der Waals surface area (Å²) in [6, 6.07) is 11.6. The van der Waals surface area contributed by atoms with E-state index in [1.165, 1.54) is 34.9 Å². The summed E-state index contributed by atoms with van der Waals surface area (Å²) in [6.07, 6.45) is 2.14. The van der Waals surface area contributed by atoms with Gasteiger partial charge in [0.1, 0.15) is 4.32 Å². The molecule has 1 aliphatic heterocycles. The van der Waals surface area contributed by atoms with Gasteiger partial charge in [0.25, 0.3) is 11.8 Å². The smallest absolute Gasteiger partial charge is 0.271 e. The van der Waals surface area contributed by atoms with Crippen LogP contribution in [0.2, 0.25) is 15.1 Å². The topological polar surface area (TPSA) is 78.5 Å². The number of thiocarbonyl (C=S) groups is 1. The lowest BCUT2D eigenvalue weighted by Crippen LogP contribution is -2.42. The van der Waals surface area contributed by atoms with E-state index in [0.717, 1.165) is 5.56 Å². The lowest BCUT2D eigenvalue weighted by Gasteiger charge is -2.14. The molecule has 0 atom stereocenters. The van der Waals surface area contributed by atoms with Crippen LogP contribution in [0.3, 0.4) is 0 Å². The van der Waals surface area contributed by atoms with Gasteiger partial charge in [-0.25, -0.2) is 0 Å². The van der Waals surface area contributed by atoms with E-state index in [1.54, 1.807) is 12.1 Å². The first-order chi connectivity index (χ1) is 15.3. The zero-order valence-corrected chi connectivity index (χ0v) is 20.3. The Balaban J connectivity index is 1.48. The number of hydrazine groups is 1. The van der Waals surface area contributed by atoms with Crippen LogP contribution in [0, 0.1) is 0 Å². The van der Waals surface area contributed by atoms with E-state index in [1.807, 2.05) is 18.2 Å². The fourth-order valence-corrected chi connectivity index (χ4v) is 4.74. The molecule has 2 aromatic rings. The Hall–Kier alpha value is -2.10. The number of nitrogens with one attached hydrogen (secondary N) is 2. The third-order valence-corrected chi connectivity index (χ3v) is 6.61. The molecule has 0 aromatic heterocycles. The molecule has 0 unspecified atom stereocenters. The highest BCUT2D eigenvalue weighted by atomic mass is 35.5. The molecule has 2 N–H and O–H groups in total. The molecule has 0 spiro atoms. The maximum atomic E-state index is 12.7. The molecular weight excluding hydrogens is 513 g/mol. The number of thioether (sulfide) groups is 1. The number of carbonyl (C=O) groups is 3. The van der Waals surface area contributed by atoms with Crippen molar-refractivity contribution in [3.63, 3.8) is 0 Å². The van der Waals surface area contributed by atoms with Crippen molar-refractivity contribution in [2.75, 3.05) is 6.54 Å². The molecule has 1 heterocycles. The summed E-state index contributed by atoms with van der Waals surface area (Å²) in [5.74, 6) is -1.21. The second kappa shape index (κ2) is 11.2. The third kappa shape index (κ3) is 6.24. The SMILES string of the molecule is O=C(CCCN1C(=O)/C(=C/c2ccccc2Cl)SC1=S)NNC(=O)c1ccc(Cl)cc1Cl. The van der Waals surface area contributed by atoms with E-state index >= 15 is 0 Å². The Morgan fingerprint density at radius 1 is 1.06 bits per heavy atom. The number of hydrogen-bond acceptors (Lipinski definition) is 5. The first-order valence-corrected chi connectivity index (χ1v) is 11.7. The van der Waals surface area contributed by atoms with Crippen molar-refractivity contribution in [2.45, 2.75) is 12.8 Å². The van der Waals surface area contributed by atoms with Crippen molar-refractivity contribution < 1.29 is 14.4 Å². The largest absolute Gasteiger partial charge is 0.293 e. The van der Waals surface area contributed by atoms with Crippen molar-refractivity contribution in [1.82, 2.24) is 15.8 Å². The van der Waals surface area contributed by atoms with Gasteiger partial charge in [-0.15, -0.1) is 0 Å². The Morgan fingerprint density at radius 2 is 1.81 bits per heavy atom. The molecule has 3 amide bonds. The van der Waals surface area contributed by atoms with E-state index in [2.05, 4.69) is 10.9 Å². The fourth-order valence-electron chi connectivity index (χ4n) is 2.75. The molecule has 0 radical (unpaired) electrons. The van der Waals surface area contributed by atoms with E-state index in [9.17, 15) is 14.4 Å². The Labute approximate surface area is 209 Å². The molecule has 166 valence electrons. The molecule has 2 aromatic carbocycles. The van der Waals surface area contributed by atoms with E-state index in [0.29, 0.717) is 25.7 Å². The van der Waals surface area contributed by atoms with Gasteiger partial charge in [-0.05, 0) is 42.3 Å². The van der Waals surface area contributed by atoms with Gasteiger partial charge < -0.3 is 0 Å². The molecule has 32 heavy (non-hydrogen) atoms. The predicted octanol–water partition coefficient (Wildman–Crippen LogP) is 5.09. The van der Waals surface area contributed by atoms with Gasteiger partial charge in [0.2, 0.25) is 5.91 Å². The number of carbonyl (C=O) groups excluding carboxylic acids is 3. The number of nitrogens with zero attached hydrogens (tertiary/aromatic N) is 1. The monoisotopic (exact) mass is 527 g/mol. The summed E-state index contributed by atoms with van der Waals surface area (Å²) in [7, 11) is 0. The highest BCUT2D eigenvalue weighted by Crippen LogP contribution is 2.33. The lowest BCUT2D eigenvalue weighted by molar-refractivity contribution is -0.124. The number of halogens is 3. The molecule has 0 aliphatic carbocycles. The minimum atomic E-state index is -0.568. The van der Waals surface area contributed by atoms with Crippen LogP contribution in [0.4, 0.5) is 0 Å². The lowest BCUT2D eigenvalue weighted by atomic mass is 10.2. The molecule has 1 aliphatic rings. The van der Waals surface area contributed by atoms with Crippen LogP contribution < -0.4 is 10.9 Å². The van der Waals surface area contributed by atoms with Gasteiger partial charge in [0, 0.05) is 23.0 Å². The number of benzene rings is 2. The highest BCUT2D eigenvalue weighted by molar-refractivity contribution is 8.26. The van der Waals surface area contributed by atoms with Crippen molar-refractivity contribution in [2.24, 2.45) is 0 Å². The van der Waals surface area contributed by atoms with Crippen molar-refractivity contribution in [1.29, 1.82) is 0 Å². The van der Waals surface area contributed by atoms with Gasteiger partial charge in [0.15, 0.2) is 0 Å². The summed E-state index contributed by atoms with van der Waals surface area (Å²) >= 11 is 24.4. The van der Waals surface area contributed by atoms with Gasteiger partial charge >= 0.3 is 0 Å². The first kappa shape index (κ1) is 24.5. The number of hydrogen-bond donors (Lipinski definition) is 2. The van der Waals surface area contributed by atoms with Crippen LogP contribution >= 0.6 is 58.8 Å². The average Bonchev–Trinajstić information content (AvgIpc) is 3.01. The maximum absolute atomic E-state index is 12.7. The summed E-state index contributed by atoms with van der Waals surface area (Å²) < 4.78 is 0.416. The van der Waals surface area contributed by atoms with Crippen LogP contribution in [0.15, 0.2) is 47.4 Å². The number of rotatable bonds is 6. The van der Waals surface area contributed by atoms with Crippen LogP contribution in [0.25, 0.3) is 6.08 Å². The highest BCUT2D eigenvalue weighted by Gasteiger charge is 2.31. The Bertz CT molecular complexity index is 1120. The summed E-state index contributed by atoms with van der Waals surface area (Å²) in [5.41, 5.74) is 5.52. The molecule has 11 heteroatoms. The zero-order chi connectivity index (χ0) is 23.3. The average molecular weight is 529 g/mol.